The minimum absolute atomic E-state index is 0.181. The fraction of sp³-hybridized carbons (Fsp3) is 0.0870. The quantitative estimate of drug-likeness (QED) is 0.695. The van der Waals surface area contributed by atoms with Crippen molar-refractivity contribution in [3.63, 3.8) is 0 Å². The maximum atomic E-state index is 13.2. The molecular weight excluding hydrogens is 350 g/mol. The topological polar surface area (TPSA) is 62.3 Å². The molecule has 0 unspecified atom stereocenters. The van der Waals surface area contributed by atoms with Gasteiger partial charge in [0.2, 0.25) is 0 Å². The van der Waals surface area contributed by atoms with Crippen LogP contribution in [0.15, 0.2) is 84.8 Å². The molecule has 1 aliphatic rings. The van der Waals surface area contributed by atoms with Crippen LogP contribution in [0.2, 0.25) is 0 Å². The fourth-order valence-electron chi connectivity index (χ4n) is 3.23. The first-order valence-electron chi connectivity index (χ1n) is 9.02. The third-order valence-corrected chi connectivity index (χ3v) is 4.70. The van der Waals surface area contributed by atoms with Gasteiger partial charge >= 0.3 is 0 Å². The Morgan fingerprint density at radius 3 is 2.36 bits per heavy atom. The second-order valence-electron chi connectivity index (χ2n) is 6.61. The molecule has 0 spiro atoms. The third kappa shape index (κ3) is 3.30. The summed E-state index contributed by atoms with van der Waals surface area (Å²) in [5.41, 5.74) is 4.00. The lowest BCUT2D eigenvalue weighted by Crippen LogP contribution is -2.32. The number of carbonyl (C=O) groups is 2. The van der Waals surface area contributed by atoms with Gasteiger partial charge in [-0.3, -0.25) is 19.5 Å². The van der Waals surface area contributed by atoms with Gasteiger partial charge in [0, 0.05) is 18.1 Å². The van der Waals surface area contributed by atoms with E-state index < -0.39 is 0 Å². The molecule has 4 rings (SSSR count). The summed E-state index contributed by atoms with van der Waals surface area (Å²) in [7, 11) is 0. The van der Waals surface area contributed by atoms with Crippen LogP contribution in [-0.2, 0) is 16.1 Å². The van der Waals surface area contributed by atoms with Crippen LogP contribution in [0.4, 0.5) is 5.69 Å². The summed E-state index contributed by atoms with van der Waals surface area (Å²) in [5.74, 6) is -0.646. The molecular formula is C23H19N3O2. The van der Waals surface area contributed by atoms with Gasteiger partial charge in [0.05, 0.1) is 12.1 Å². The van der Waals surface area contributed by atoms with E-state index in [1.807, 2.05) is 67.6 Å². The van der Waals surface area contributed by atoms with Crippen molar-refractivity contribution in [2.75, 3.05) is 5.32 Å². The maximum Gasteiger partial charge on any atom is 0.278 e. The number of para-hydroxylation sites is 1. The fourth-order valence-corrected chi connectivity index (χ4v) is 3.23. The molecule has 5 heteroatoms. The lowest BCUT2D eigenvalue weighted by Gasteiger charge is -2.15. The highest BCUT2D eigenvalue weighted by Crippen LogP contribution is 2.32. The summed E-state index contributed by atoms with van der Waals surface area (Å²) in [6.07, 6.45) is 3.32. The van der Waals surface area contributed by atoms with Crippen molar-refractivity contribution < 1.29 is 9.59 Å². The second-order valence-corrected chi connectivity index (χ2v) is 6.61. The Balaban J connectivity index is 1.75. The Morgan fingerprint density at radius 2 is 1.64 bits per heavy atom. The van der Waals surface area contributed by atoms with Crippen LogP contribution in [0, 0.1) is 6.92 Å². The molecule has 0 aliphatic carbocycles. The van der Waals surface area contributed by atoms with Crippen LogP contribution in [-0.4, -0.2) is 21.7 Å². The number of imide groups is 1. The van der Waals surface area contributed by atoms with E-state index in [2.05, 4.69) is 10.3 Å². The molecule has 28 heavy (non-hydrogen) atoms. The summed E-state index contributed by atoms with van der Waals surface area (Å²) in [4.78, 5) is 31.7. The minimum atomic E-state index is -0.337. The average molecular weight is 369 g/mol. The van der Waals surface area contributed by atoms with Gasteiger partial charge in [-0.05, 0) is 35.7 Å². The molecule has 1 aliphatic heterocycles. The molecule has 2 amide bonds. The summed E-state index contributed by atoms with van der Waals surface area (Å²) in [6, 6.07) is 20.6. The molecule has 2 heterocycles. The molecule has 0 bridgehead atoms. The molecule has 3 aromatic rings. The molecule has 138 valence electrons. The first-order valence-corrected chi connectivity index (χ1v) is 9.02. The van der Waals surface area contributed by atoms with Crippen LogP contribution in [0.3, 0.4) is 0 Å². The van der Waals surface area contributed by atoms with Crippen LogP contribution < -0.4 is 5.32 Å². The standard InChI is InChI=1S/C23H19N3O2/c1-16-8-5-6-12-19(16)25-21-20(18-10-3-2-4-11-18)22(27)26(23(21)28)15-17-9-7-13-24-14-17/h2-14,25H,15H2,1H3. The predicted octanol–water partition coefficient (Wildman–Crippen LogP) is 3.78. The van der Waals surface area contributed by atoms with Gasteiger partial charge in [-0.2, -0.15) is 0 Å². The Hall–Kier alpha value is -3.73. The smallest absolute Gasteiger partial charge is 0.278 e. The Morgan fingerprint density at radius 1 is 0.893 bits per heavy atom. The van der Waals surface area contributed by atoms with E-state index >= 15 is 0 Å². The predicted molar refractivity (Wildman–Crippen MR) is 108 cm³/mol. The van der Waals surface area contributed by atoms with E-state index in [9.17, 15) is 9.59 Å². The number of aryl methyl sites for hydroxylation is 1. The van der Waals surface area contributed by atoms with Gasteiger partial charge in [0.1, 0.15) is 5.70 Å². The van der Waals surface area contributed by atoms with Gasteiger partial charge in [-0.1, -0.05) is 54.6 Å². The van der Waals surface area contributed by atoms with E-state index in [0.717, 1.165) is 16.8 Å². The molecule has 2 aromatic carbocycles. The van der Waals surface area contributed by atoms with Crippen molar-refractivity contribution in [3.8, 4) is 0 Å². The second kappa shape index (κ2) is 7.48. The number of hydrogen-bond donors (Lipinski definition) is 1. The van der Waals surface area contributed by atoms with Crippen molar-refractivity contribution in [2.45, 2.75) is 13.5 Å². The molecule has 0 fully saturated rings. The van der Waals surface area contributed by atoms with Crippen molar-refractivity contribution in [1.82, 2.24) is 9.88 Å². The van der Waals surface area contributed by atoms with Gasteiger partial charge in [0.15, 0.2) is 0 Å². The van der Waals surface area contributed by atoms with Crippen LogP contribution in [0.25, 0.3) is 5.57 Å². The number of anilines is 1. The maximum absolute atomic E-state index is 13.2. The van der Waals surface area contributed by atoms with Gasteiger partial charge in [-0.15, -0.1) is 0 Å². The van der Waals surface area contributed by atoms with E-state index in [1.54, 1.807) is 18.5 Å². The lowest BCUT2D eigenvalue weighted by molar-refractivity contribution is -0.137. The van der Waals surface area contributed by atoms with Crippen molar-refractivity contribution in [3.05, 3.63) is 102 Å². The van der Waals surface area contributed by atoms with Crippen molar-refractivity contribution in [2.24, 2.45) is 0 Å². The summed E-state index contributed by atoms with van der Waals surface area (Å²) >= 11 is 0. The number of aromatic nitrogens is 1. The molecule has 1 N–H and O–H groups in total. The highest BCUT2D eigenvalue weighted by molar-refractivity contribution is 6.36. The number of nitrogens with one attached hydrogen (secondary N) is 1. The molecule has 0 atom stereocenters. The van der Waals surface area contributed by atoms with E-state index in [4.69, 9.17) is 0 Å². The Kier molecular flexibility index (Phi) is 4.72. The number of rotatable bonds is 5. The monoisotopic (exact) mass is 369 g/mol. The highest BCUT2D eigenvalue weighted by Gasteiger charge is 2.39. The normalized spacial score (nSPS) is 14.0. The number of nitrogens with zero attached hydrogens (tertiary/aromatic N) is 2. The van der Waals surface area contributed by atoms with Crippen LogP contribution in [0.1, 0.15) is 16.7 Å². The number of amides is 2. The number of benzene rings is 2. The van der Waals surface area contributed by atoms with Crippen molar-refractivity contribution in [1.29, 1.82) is 0 Å². The zero-order valence-electron chi connectivity index (χ0n) is 15.4. The van der Waals surface area contributed by atoms with E-state index in [1.165, 1.54) is 4.90 Å². The number of carbonyl (C=O) groups excluding carboxylic acids is 2. The van der Waals surface area contributed by atoms with E-state index in [0.29, 0.717) is 16.8 Å². The first kappa shape index (κ1) is 17.7. The molecule has 5 nitrogen and oxygen atoms in total. The van der Waals surface area contributed by atoms with Crippen LogP contribution >= 0.6 is 0 Å². The first-order chi connectivity index (χ1) is 13.6. The number of hydrogen-bond acceptors (Lipinski definition) is 4. The SMILES string of the molecule is Cc1ccccc1NC1=C(c2ccccc2)C(=O)N(Cc2cccnc2)C1=O. The zero-order chi connectivity index (χ0) is 19.5. The van der Waals surface area contributed by atoms with Gasteiger partial charge < -0.3 is 5.32 Å². The minimum Gasteiger partial charge on any atom is -0.350 e. The van der Waals surface area contributed by atoms with Gasteiger partial charge in [-0.25, -0.2) is 0 Å². The zero-order valence-corrected chi connectivity index (χ0v) is 15.4. The molecule has 1 aromatic heterocycles. The Labute approximate surface area is 163 Å². The summed E-state index contributed by atoms with van der Waals surface area (Å²) in [6.45, 7) is 2.14. The van der Waals surface area contributed by atoms with Crippen molar-refractivity contribution >= 4 is 23.1 Å². The lowest BCUT2D eigenvalue weighted by atomic mass is 10.0. The van der Waals surface area contributed by atoms with E-state index in [-0.39, 0.29) is 18.4 Å². The molecule has 0 saturated carbocycles. The third-order valence-electron chi connectivity index (χ3n) is 4.70. The number of pyridine rings is 1. The summed E-state index contributed by atoms with van der Waals surface area (Å²) in [5, 5.41) is 3.21. The molecule has 0 radical (unpaired) electrons. The largest absolute Gasteiger partial charge is 0.350 e. The Bertz CT molecular complexity index is 1060. The average Bonchev–Trinajstić information content (AvgIpc) is 2.95. The van der Waals surface area contributed by atoms with Crippen LogP contribution in [0.5, 0.6) is 0 Å². The van der Waals surface area contributed by atoms with Gasteiger partial charge in [0.25, 0.3) is 11.8 Å². The summed E-state index contributed by atoms with van der Waals surface area (Å²) < 4.78 is 0. The highest BCUT2D eigenvalue weighted by atomic mass is 16.2. The molecule has 0 saturated heterocycles.